The van der Waals surface area contributed by atoms with Gasteiger partial charge in [-0.15, -0.1) is 11.3 Å². The number of aryl methyl sites for hydroxylation is 1. The monoisotopic (exact) mass is 366 g/mol. The van der Waals surface area contributed by atoms with Crippen molar-refractivity contribution in [3.63, 3.8) is 0 Å². The Balaban J connectivity index is 1.58. The van der Waals surface area contributed by atoms with Crippen LogP contribution in [0.25, 0.3) is 6.08 Å². The molecule has 130 valence electrons. The fraction of sp³-hybridized carbons (Fsp3) is 0.0952. The predicted molar refractivity (Wildman–Crippen MR) is 99.2 cm³/mol. The molecule has 1 aliphatic rings. The first-order valence-electron chi connectivity index (χ1n) is 8.10. The number of hydrogen-bond acceptors (Lipinski definition) is 4. The minimum absolute atomic E-state index is 0.108. The van der Waals surface area contributed by atoms with Crippen LogP contribution in [-0.4, -0.2) is 5.78 Å². The van der Waals surface area contributed by atoms with Crippen molar-refractivity contribution in [2.24, 2.45) is 0 Å². The minimum atomic E-state index is -0.307. The third-order valence-electron chi connectivity index (χ3n) is 4.11. The number of hydrogen-bond donors (Lipinski definition) is 0. The van der Waals surface area contributed by atoms with Crippen LogP contribution in [-0.2, 0) is 6.61 Å². The second-order valence-electron chi connectivity index (χ2n) is 5.95. The standard InChI is InChI=1S/C21H15FO3S/c1-13-9-15(24-12-14-5-2-3-7-17(14)22)10-18-20(13)21(23)19(25-18)11-16-6-4-8-26-16/h2-11H,12H2,1H3/b19-11-. The van der Waals surface area contributed by atoms with Crippen molar-refractivity contribution in [1.82, 2.24) is 0 Å². The Hall–Kier alpha value is -2.92. The van der Waals surface area contributed by atoms with Crippen LogP contribution in [0.3, 0.4) is 0 Å². The van der Waals surface area contributed by atoms with Crippen LogP contribution in [0.2, 0.25) is 0 Å². The summed E-state index contributed by atoms with van der Waals surface area (Å²) in [4.78, 5) is 13.6. The molecule has 1 aliphatic heterocycles. The van der Waals surface area contributed by atoms with Crippen LogP contribution in [0, 0.1) is 12.7 Å². The van der Waals surface area contributed by atoms with Crippen molar-refractivity contribution >= 4 is 23.2 Å². The second-order valence-corrected chi connectivity index (χ2v) is 6.93. The van der Waals surface area contributed by atoms with Crippen molar-refractivity contribution < 1.29 is 18.7 Å². The van der Waals surface area contributed by atoms with E-state index in [9.17, 15) is 9.18 Å². The number of fused-ring (bicyclic) bond motifs is 1. The van der Waals surface area contributed by atoms with Gasteiger partial charge in [0.15, 0.2) is 5.76 Å². The van der Waals surface area contributed by atoms with Crippen LogP contribution in [0.5, 0.6) is 11.5 Å². The van der Waals surface area contributed by atoms with Crippen molar-refractivity contribution in [3.05, 3.63) is 87.1 Å². The summed E-state index contributed by atoms with van der Waals surface area (Å²) >= 11 is 1.54. The normalized spacial score (nSPS) is 14.4. The molecule has 2 heterocycles. The van der Waals surface area contributed by atoms with Gasteiger partial charge in [-0.1, -0.05) is 24.3 Å². The van der Waals surface area contributed by atoms with Gasteiger partial charge < -0.3 is 9.47 Å². The SMILES string of the molecule is Cc1cc(OCc2ccccc2F)cc2c1C(=O)/C(=C/c1cccs1)O2. The first-order valence-corrected chi connectivity index (χ1v) is 8.98. The summed E-state index contributed by atoms with van der Waals surface area (Å²) in [6, 6.07) is 13.8. The Labute approximate surface area is 154 Å². The molecule has 0 saturated heterocycles. The molecule has 0 saturated carbocycles. The highest BCUT2D eigenvalue weighted by atomic mass is 32.1. The number of halogens is 1. The number of carbonyl (C=O) groups is 1. The minimum Gasteiger partial charge on any atom is -0.489 e. The van der Waals surface area contributed by atoms with Gasteiger partial charge in [0.1, 0.15) is 23.9 Å². The van der Waals surface area contributed by atoms with E-state index < -0.39 is 0 Å². The van der Waals surface area contributed by atoms with Crippen LogP contribution in [0.1, 0.15) is 26.4 Å². The van der Waals surface area contributed by atoms with E-state index in [0.717, 1.165) is 10.4 Å². The van der Waals surface area contributed by atoms with Crippen molar-refractivity contribution in [1.29, 1.82) is 0 Å². The molecule has 26 heavy (non-hydrogen) atoms. The number of thiophene rings is 1. The zero-order valence-corrected chi connectivity index (χ0v) is 14.8. The summed E-state index contributed by atoms with van der Waals surface area (Å²) in [6.07, 6.45) is 1.74. The molecule has 0 radical (unpaired) electrons. The molecule has 4 rings (SSSR count). The molecule has 0 fully saturated rings. The zero-order valence-electron chi connectivity index (χ0n) is 14.0. The first-order chi connectivity index (χ1) is 12.6. The largest absolute Gasteiger partial charge is 0.489 e. The third-order valence-corrected chi connectivity index (χ3v) is 4.93. The van der Waals surface area contributed by atoms with Gasteiger partial charge in [0.2, 0.25) is 5.78 Å². The van der Waals surface area contributed by atoms with E-state index in [1.807, 2.05) is 24.4 Å². The van der Waals surface area contributed by atoms with Crippen molar-refractivity contribution in [3.8, 4) is 11.5 Å². The van der Waals surface area contributed by atoms with Crippen molar-refractivity contribution in [2.75, 3.05) is 0 Å². The summed E-state index contributed by atoms with van der Waals surface area (Å²) in [5.74, 6) is 0.873. The van der Waals surface area contributed by atoms with E-state index >= 15 is 0 Å². The number of carbonyl (C=O) groups excluding carboxylic acids is 1. The molecule has 0 atom stereocenters. The van der Waals surface area contributed by atoms with Crippen LogP contribution < -0.4 is 9.47 Å². The van der Waals surface area contributed by atoms with Gasteiger partial charge in [0, 0.05) is 22.6 Å². The number of rotatable bonds is 4. The van der Waals surface area contributed by atoms with Crippen LogP contribution in [0.15, 0.2) is 59.7 Å². The number of allylic oxidation sites excluding steroid dienone is 1. The molecule has 3 nitrogen and oxygen atoms in total. The molecule has 0 aliphatic carbocycles. The second kappa shape index (κ2) is 6.77. The fourth-order valence-electron chi connectivity index (χ4n) is 2.84. The van der Waals surface area contributed by atoms with E-state index in [-0.39, 0.29) is 18.2 Å². The van der Waals surface area contributed by atoms with Crippen molar-refractivity contribution in [2.45, 2.75) is 13.5 Å². The molecule has 1 aromatic heterocycles. The predicted octanol–water partition coefficient (Wildman–Crippen LogP) is 5.39. The summed E-state index contributed by atoms with van der Waals surface area (Å²) in [7, 11) is 0. The molecule has 0 N–H and O–H groups in total. The third kappa shape index (κ3) is 3.13. The maximum Gasteiger partial charge on any atom is 0.232 e. The summed E-state index contributed by atoms with van der Waals surface area (Å²) in [6.45, 7) is 1.95. The Kier molecular flexibility index (Phi) is 4.31. The highest BCUT2D eigenvalue weighted by Crippen LogP contribution is 2.38. The Morgan fingerprint density at radius 1 is 1.19 bits per heavy atom. The Morgan fingerprint density at radius 2 is 2.04 bits per heavy atom. The number of ketones is 1. The lowest BCUT2D eigenvalue weighted by Gasteiger charge is -2.09. The zero-order chi connectivity index (χ0) is 18.1. The molecule has 5 heteroatoms. The maximum absolute atomic E-state index is 13.7. The number of ether oxygens (including phenoxy) is 2. The summed E-state index contributed by atoms with van der Waals surface area (Å²) in [5, 5.41) is 1.94. The Morgan fingerprint density at radius 3 is 2.81 bits per heavy atom. The molecule has 0 amide bonds. The maximum atomic E-state index is 13.7. The quantitative estimate of drug-likeness (QED) is 0.581. The lowest BCUT2D eigenvalue weighted by atomic mass is 10.0. The topological polar surface area (TPSA) is 35.5 Å². The van der Waals surface area contributed by atoms with Gasteiger partial charge in [0.05, 0.1) is 5.56 Å². The molecule has 0 unspecified atom stereocenters. The van der Waals surface area contributed by atoms with Gasteiger partial charge in [-0.3, -0.25) is 4.79 Å². The number of Topliss-reactive ketones (excluding diaryl/α,β-unsaturated/α-hetero) is 1. The molecule has 0 bridgehead atoms. The molecule has 3 aromatic rings. The molecule has 0 spiro atoms. The fourth-order valence-corrected chi connectivity index (χ4v) is 3.49. The van der Waals surface area contributed by atoms with E-state index in [4.69, 9.17) is 9.47 Å². The average Bonchev–Trinajstić information content (AvgIpc) is 3.23. The van der Waals surface area contributed by atoms with E-state index in [1.165, 1.54) is 17.4 Å². The average molecular weight is 366 g/mol. The van der Waals surface area contributed by atoms with Gasteiger partial charge in [-0.2, -0.15) is 0 Å². The first kappa shape index (κ1) is 16.5. The van der Waals surface area contributed by atoms with E-state index in [1.54, 1.807) is 36.4 Å². The van der Waals surface area contributed by atoms with Gasteiger partial charge >= 0.3 is 0 Å². The van der Waals surface area contributed by atoms with E-state index in [2.05, 4.69) is 0 Å². The summed E-state index contributed by atoms with van der Waals surface area (Å²) < 4.78 is 25.2. The lowest BCUT2D eigenvalue weighted by molar-refractivity contribution is 0.101. The highest BCUT2D eigenvalue weighted by Gasteiger charge is 2.30. The molecular formula is C21H15FO3S. The molecular weight excluding hydrogens is 351 g/mol. The number of benzene rings is 2. The smallest absolute Gasteiger partial charge is 0.232 e. The van der Waals surface area contributed by atoms with Crippen LogP contribution >= 0.6 is 11.3 Å². The van der Waals surface area contributed by atoms with Gasteiger partial charge in [0.25, 0.3) is 0 Å². The Bertz CT molecular complexity index is 1010. The lowest BCUT2D eigenvalue weighted by Crippen LogP contribution is -2.00. The summed E-state index contributed by atoms with van der Waals surface area (Å²) in [5.41, 5.74) is 1.79. The van der Waals surface area contributed by atoms with Gasteiger partial charge in [-0.25, -0.2) is 4.39 Å². The van der Waals surface area contributed by atoms with Crippen LogP contribution in [0.4, 0.5) is 4.39 Å². The molecule has 2 aromatic carbocycles. The van der Waals surface area contributed by atoms with E-state index in [0.29, 0.717) is 28.4 Å². The highest BCUT2D eigenvalue weighted by molar-refractivity contribution is 7.10. The van der Waals surface area contributed by atoms with Gasteiger partial charge in [-0.05, 0) is 36.1 Å².